The van der Waals surface area contributed by atoms with Gasteiger partial charge in [-0.15, -0.1) is 6.58 Å². The zero-order valence-electron chi connectivity index (χ0n) is 14.9. The first-order chi connectivity index (χ1) is 12.7. The summed E-state index contributed by atoms with van der Waals surface area (Å²) in [5.41, 5.74) is 1.08. The topological polar surface area (TPSA) is 113 Å². The maximum Gasteiger partial charge on any atom is 0.335 e. The second-order valence-corrected chi connectivity index (χ2v) is 7.52. The van der Waals surface area contributed by atoms with E-state index in [1.54, 1.807) is 26.0 Å². The van der Waals surface area contributed by atoms with Crippen molar-refractivity contribution in [3.05, 3.63) is 71.3 Å². The van der Waals surface area contributed by atoms with Gasteiger partial charge in [-0.25, -0.2) is 13.2 Å². The number of sulfonamides is 1. The fourth-order valence-electron chi connectivity index (χ4n) is 2.46. The second-order valence-electron chi connectivity index (χ2n) is 5.87. The van der Waals surface area contributed by atoms with Crippen molar-refractivity contribution in [1.29, 1.82) is 0 Å². The van der Waals surface area contributed by atoms with Gasteiger partial charge in [-0.05, 0) is 49.2 Å². The molecule has 0 radical (unpaired) electrons. The maximum atomic E-state index is 12.9. The molecule has 27 heavy (non-hydrogen) atoms. The van der Waals surface area contributed by atoms with Crippen LogP contribution in [-0.4, -0.2) is 31.9 Å². The van der Waals surface area contributed by atoms with Gasteiger partial charge in [0.05, 0.1) is 21.7 Å². The van der Waals surface area contributed by atoms with E-state index < -0.39 is 21.9 Å². The largest absolute Gasteiger partial charge is 0.478 e. The highest BCUT2D eigenvalue weighted by Crippen LogP contribution is 2.25. The van der Waals surface area contributed by atoms with Crippen LogP contribution < -0.4 is 10.0 Å². The summed E-state index contributed by atoms with van der Waals surface area (Å²) in [5.74, 6) is -1.68. The molecule has 8 heteroatoms. The van der Waals surface area contributed by atoms with E-state index in [1.165, 1.54) is 24.3 Å². The van der Waals surface area contributed by atoms with Crippen molar-refractivity contribution in [2.75, 3.05) is 11.3 Å². The normalized spacial score (nSPS) is 10.9. The minimum atomic E-state index is -4.11. The molecule has 2 aromatic rings. The van der Waals surface area contributed by atoms with E-state index >= 15 is 0 Å². The van der Waals surface area contributed by atoms with Gasteiger partial charge >= 0.3 is 5.97 Å². The molecule has 0 bridgehead atoms. The van der Waals surface area contributed by atoms with Crippen LogP contribution in [0.3, 0.4) is 0 Å². The summed E-state index contributed by atoms with van der Waals surface area (Å²) >= 11 is 0. The maximum absolute atomic E-state index is 12.9. The number of carboxylic acid groups (broad SMARTS) is 1. The Kier molecular flexibility index (Phi) is 6.02. The SMILES string of the molecule is C=CCNC(=O)c1ccccc1NS(=O)(=O)c1cc(C(=O)O)cc(C)c1C. The first-order valence-corrected chi connectivity index (χ1v) is 9.51. The number of rotatable bonds is 7. The number of anilines is 1. The summed E-state index contributed by atoms with van der Waals surface area (Å²) in [4.78, 5) is 23.4. The highest BCUT2D eigenvalue weighted by molar-refractivity contribution is 7.92. The summed E-state index contributed by atoms with van der Waals surface area (Å²) < 4.78 is 28.2. The highest BCUT2D eigenvalue weighted by Gasteiger charge is 2.23. The van der Waals surface area contributed by atoms with Crippen LogP contribution in [0.4, 0.5) is 5.69 Å². The number of amides is 1. The second kappa shape index (κ2) is 8.05. The number of nitrogens with one attached hydrogen (secondary N) is 2. The van der Waals surface area contributed by atoms with E-state index in [0.29, 0.717) is 11.1 Å². The Morgan fingerprint density at radius 3 is 2.48 bits per heavy atom. The molecule has 0 aromatic heterocycles. The number of aryl methyl sites for hydroxylation is 1. The molecule has 1 amide bonds. The Labute approximate surface area is 157 Å². The lowest BCUT2D eigenvalue weighted by Crippen LogP contribution is -2.25. The fraction of sp³-hybridized carbons (Fsp3) is 0.158. The van der Waals surface area contributed by atoms with Crippen molar-refractivity contribution in [1.82, 2.24) is 5.32 Å². The number of carboxylic acids is 1. The Balaban J connectivity index is 2.48. The lowest BCUT2D eigenvalue weighted by atomic mass is 10.1. The smallest absolute Gasteiger partial charge is 0.335 e. The van der Waals surface area contributed by atoms with Gasteiger partial charge in [-0.1, -0.05) is 18.2 Å². The van der Waals surface area contributed by atoms with Gasteiger partial charge in [-0.2, -0.15) is 0 Å². The molecule has 0 saturated heterocycles. The molecule has 0 aliphatic rings. The van der Waals surface area contributed by atoms with E-state index in [9.17, 15) is 23.1 Å². The standard InChI is InChI=1S/C19H20N2O5S/c1-4-9-20-18(22)15-7-5-6-8-16(15)21-27(25,26)17-11-14(19(23)24)10-12(2)13(17)3/h4-8,10-11,21H,1,9H2,2-3H3,(H,20,22)(H,23,24). The van der Waals surface area contributed by atoms with Gasteiger partial charge in [0.15, 0.2) is 0 Å². The molecule has 2 rings (SSSR count). The summed E-state index contributed by atoms with van der Waals surface area (Å²) in [7, 11) is -4.11. The highest BCUT2D eigenvalue weighted by atomic mass is 32.2. The molecule has 3 N–H and O–H groups in total. The third-order valence-electron chi connectivity index (χ3n) is 3.98. The molecule has 0 spiro atoms. The summed E-state index contributed by atoms with van der Waals surface area (Å²) in [5, 5.41) is 11.8. The van der Waals surface area contributed by atoms with Crippen LogP contribution in [0.2, 0.25) is 0 Å². The average molecular weight is 388 g/mol. The van der Waals surface area contributed by atoms with E-state index in [1.807, 2.05) is 0 Å². The summed E-state index contributed by atoms with van der Waals surface area (Å²) in [6, 6.07) is 8.67. The van der Waals surface area contributed by atoms with E-state index in [2.05, 4.69) is 16.6 Å². The molecule has 0 heterocycles. The zero-order chi connectivity index (χ0) is 20.2. The lowest BCUT2D eigenvalue weighted by molar-refractivity contribution is 0.0696. The molecule has 0 aliphatic heterocycles. The number of carbonyl (C=O) groups is 2. The van der Waals surface area contributed by atoms with Gasteiger partial charge in [0.25, 0.3) is 15.9 Å². The number of benzene rings is 2. The molecule has 0 fully saturated rings. The predicted molar refractivity (Wildman–Crippen MR) is 103 cm³/mol. The van der Waals surface area contributed by atoms with Crippen molar-refractivity contribution in [3.8, 4) is 0 Å². The van der Waals surface area contributed by atoms with Crippen LogP contribution in [0.1, 0.15) is 31.8 Å². The molecule has 2 aromatic carbocycles. The number of para-hydroxylation sites is 1. The third kappa shape index (κ3) is 4.53. The molecule has 0 aliphatic carbocycles. The number of hydrogen-bond donors (Lipinski definition) is 3. The zero-order valence-corrected chi connectivity index (χ0v) is 15.8. The van der Waals surface area contributed by atoms with Gasteiger partial charge in [0.2, 0.25) is 0 Å². The predicted octanol–water partition coefficient (Wildman–Crippen LogP) is 2.72. The molecule has 142 valence electrons. The van der Waals surface area contributed by atoms with Crippen LogP contribution in [-0.2, 0) is 10.0 Å². The molecule has 0 saturated carbocycles. The average Bonchev–Trinajstić information content (AvgIpc) is 2.61. The van der Waals surface area contributed by atoms with E-state index in [0.717, 1.165) is 6.07 Å². The minimum absolute atomic E-state index is 0.0943. The molecule has 7 nitrogen and oxygen atoms in total. The quantitative estimate of drug-likeness (QED) is 0.631. The molecular formula is C19H20N2O5S. The Hall–Kier alpha value is -3.13. The fourth-order valence-corrected chi connectivity index (χ4v) is 3.88. The van der Waals surface area contributed by atoms with Gasteiger partial charge < -0.3 is 10.4 Å². The minimum Gasteiger partial charge on any atom is -0.478 e. The summed E-state index contributed by atoms with van der Waals surface area (Å²) in [6.45, 7) is 6.98. The first kappa shape index (κ1) is 20.2. The van der Waals surface area contributed by atoms with Crippen LogP contribution in [0.25, 0.3) is 0 Å². The van der Waals surface area contributed by atoms with E-state index in [-0.39, 0.29) is 28.3 Å². The molecule has 0 atom stereocenters. The van der Waals surface area contributed by atoms with Crippen LogP contribution in [0.15, 0.2) is 53.9 Å². The Bertz CT molecular complexity index is 1010. The van der Waals surface area contributed by atoms with Gasteiger partial charge in [-0.3, -0.25) is 9.52 Å². The van der Waals surface area contributed by atoms with Crippen molar-refractivity contribution in [2.45, 2.75) is 18.7 Å². The first-order valence-electron chi connectivity index (χ1n) is 8.03. The Morgan fingerprint density at radius 2 is 1.85 bits per heavy atom. The molecular weight excluding hydrogens is 368 g/mol. The Morgan fingerprint density at radius 1 is 1.19 bits per heavy atom. The van der Waals surface area contributed by atoms with Crippen molar-refractivity contribution >= 4 is 27.6 Å². The number of hydrogen-bond acceptors (Lipinski definition) is 4. The van der Waals surface area contributed by atoms with Crippen LogP contribution >= 0.6 is 0 Å². The van der Waals surface area contributed by atoms with Crippen molar-refractivity contribution in [2.24, 2.45) is 0 Å². The number of aromatic carboxylic acids is 1. The van der Waals surface area contributed by atoms with Crippen molar-refractivity contribution < 1.29 is 23.1 Å². The third-order valence-corrected chi connectivity index (χ3v) is 5.47. The van der Waals surface area contributed by atoms with Crippen LogP contribution in [0.5, 0.6) is 0 Å². The summed E-state index contributed by atoms with van der Waals surface area (Å²) in [6.07, 6.45) is 1.51. The number of carbonyl (C=O) groups excluding carboxylic acids is 1. The van der Waals surface area contributed by atoms with Gasteiger partial charge in [0, 0.05) is 6.54 Å². The van der Waals surface area contributed by atoms with Crippen molar-refractivity contribution in [3.63, 3.8) is 0 Å². The van der Waals surface area contributed by atoms with E-state index in [4.69, 9.17) is 0 Å². The monoisotopic (exact) mass is 388 g/mol. The molecule has 0 unspecified atom stereocenters. The van der Waals surface area contributed by atoms with Gasteiger partial charge in [0.1, 0.15) is 0 Å². The lowest BCUT2D eigenvalue weighted by Gasteiger charge is -2.15. The van der Waals surface area contributed by atoms with Crippen LogP contribution in [0, 0.1) is 13.8 Å².